The SMILES string of the molecule is Nc1cnc(C(O)C(O)CO)cn1. The van der Waals surface area contributed by atoms with Crippen molar-refractivity contribution in [1.29, 1.82) is 0 Å². The van der Waals surface area contributed by atoms with Crippen LogP contribution in [0, 0.1) is 0 Å². The van der Waals surface area contributed by atoms with Crippen molar-refractivity contribution in [2.45, 2.75) is 12.2 Å². The number of hydrogen-bond acceptors (Lipinski definition) is 6. The van der Waals surface area contributed by atoms with Gasteiger partial charge in [-0.2, -0.15) is 0 Å². The Labute approximate surface area is 74.7 Å². The van der Waals surface area contributed by atoms with Gasteiger partial charge in [-0.3, -0.25) is 4.98 Å². The lowest BCUT2D eigenvalue weighted by molar-refractivity contribution is -0.0174. The zero-order valence-electron chi connectivity index (χ0n) is 6.83. The third-order valence-corrected chi connectivity index (χ3v) is 1.55. The zero-order chi connectivity index (χ0) is 9.84. The topological polar surface area (TPSA) is 112 Å². The Balaban J connectivity index is 2.77. The number of nitrogen functional groups attached to an aromatic ring is 1. The molecule has 0 saturated heterocycles. The second-order valence-corrected chi connectivity index (χ2v) is 2.56. The molecule has 0 radical (unpaired) electrons. The predicted molar refractivity (Wildman–Crippen MR) is 44.5 cm³/mol. The molecule has 13 heavy (non-hydrogen) atoms. The molecule has 0 aliphatic rings. The van der Waals surface area contributed by atoms with Gasteiger partial charge in [0.25, 0.3) is 0 Å². The van der Waals surface area contributed by atoms with Gasteiger partial charge in [-0.05, 0) is 0 Å². The fourth-order valence-electron chi connectivity index (χ4n) is 0.798. The molecule has 0 aliphatic carbocycles. The van der Waals surface area contributed by atoms with E-state index >= 15 is 0 Å². The van der Waals surface area contributed by atoms with Crippen molar-refractivity contribution in [2.24, 2.45) is 0 Å². The normalized spacial score (nSPS) is 15.3. The van der Waals surface area contributed by atoms with Gasteiger partial charge in [-0.15, -0.1) is 0 Å². The van der Waals surface area contributed by atoms with Gasteiger partial charge in [0, 0.05) is 0 Å². The lowest BCUT2D eigenvalue weighted by Gasteiger charge is -2.13. The quantitative estimate of drug-likeness (QED) is 0.453. The summed E-state index contributed by atoms with van der Waals surface area (Å²) in [6.45, 7) is -0.535. The van der Waals surface area contributed by atoms with Crippen LogP contribution in [0.4, 0.5) is 5.82 Å². The summed E-state index contributed by atoms with van der Waals surface area (Å²) in [6, 6.07) is 0. The van der Waals surface area contributed by atoms with Gasteiger partial charge in [-0.1, -0.05) is 0 Å². The van der Waals surface area contributed by atoms with Gasteiger partial charge >= 0.3 is 0 Å². The Bertz CT molecular complexity index is 264. The Kier molecular flexibility index (Phi) is 3.13. The van der Waals surface area contributed by atoms with Gasteiger partial charge in [0.15, 0.2) is 0 Å². The third-order valence-electron chi connectivity index (χ3n) is 1.55. The van der Waals surface area contributed by atoms with Crippen LogP contribution < -0.4 is 5.73 Å². The van der Waals surface area contributed by atoms with Crippen molar-refractivity contribution in [1.82, 2.24) is 9.97 Å². The van der Waals surface area contributed by atoms with Crippen LogP contribution in [-0.4, -0.2) is 38.0 Å². The average molecular weight is 185 g/mol. The molecule has 1 heterocycles. The Hall–Kier alpha value is -1.24. The number of rotatable bonds is 3. The highest BCUT2D eigenvalue weighted by atomic mass is 16.4. The molecular formula is C7H11N3O3. The van der Waals surface area contributed by atoms with Crippen LogP contribution in [0.3, 0.4) is 0 Å². The van der Waals surface area contributed by atoms with Crippen LogP contribution in [0.2, 0.25) is 0 Å². The molecule has 5 N–H and O–H groups in total. The molecule has 1 aromatic heterocycles. The van der Waals surface area contributed by atoms with E-state index in [1.165, 1.54) is 12.4 Å². The first-order valence-electron chi connectivity index (χ1n) is 3.69. The molecule has 1 rings (SSSR count). The third kappa shape index (κ3) is 2.35. The smallest absolute Gasteiger partial charge is 0.141 e. The van der Waals surface area contributed by atoms with Crippen molar-refractivity contribution >= 4 is 5.82 Å². The maximum absolute atomic E-state index is 9.33. The van der Waals surface area contributed by atoms with E-state index in [9.17, 15) is 5.11 Å². The van der Waals surface area contributed by atoms with E-state index in [0.29, 0.717) is 0 Å². The second kappa shape index (κ2) is 4.13. The second-order valence-electron chi connectivity index (χ2n) is 2.56. The van der Waals surface area contributed by atoms with Crippen LogP contribution in [0.5, 0.6) is 0 Å². The van der Waals surface area contributed by atoms with E-state index < -0.39 is 18.8 Å². The Morgan fingerprint density at radius 1 is 1.31 bits per heavy atom. The maximum Gasteiger partial charge on any atom is 0.141 e. The minimum atomic E-state index is -1.25. The van der Waals surface area contributed by atoms with E-state index in [2.05, 4.69) is 9.97 Å². The van der Waals surface area contributed by atoms with Crippen molar-refractivity contribution < 1.29 is 15.3 Å². The molecule has 0 spiro atoms. The standard InChI is InChI=1S/C7H11N3O3/c8-6-2-9-4(1-10-6)7(13)5(12)3-11/h1-2,5,7,11-13H,3H2,(H2,8,10). The summed E-state index contributed by atoms with van der Waals surface area (Å²) >= 11 is 0. The van der Waals surface area contributed by atoms with Crippen LogP contribution in [0.25, 0.3) is 0 Å². The van der Waals surface area contributed by atoms with Crippen LogP contribution >= 0.6 is 0 Å². The lowest BCUT2D eigenvalue weighted by Crippen LogP contribution is -2.23. The number of anilines is 1. The molecule has 0 aromatic carbocycles. The fraction of sp³-hybridized carbons (Fsp3) is 0.429. The lowest BCUT2D eigenvalue weighted by atomic mass is 10.1. The number of nitrogens with two attached hydrogens (primary N) is 1. The highest BCUT2D eigenvalue weighted by molar-refractivity contribution is 5.23. The zero-order valence-corrected chi connectivity index (χ0v) is 6.83. The van der Waals surface area contributed by atoms with Crippen molar-refractivity contribution in [2.75, 3.05) is 12.3 Å². The molecule has 6 heteroatoms. The van der Waals surface area contributed by atoms with E-state index in [1.54, 1.807) is 0 Å². The molecule has 72 valence electrons. The molecular weight excluding hydrogens is 174 g/mol. The van der Waals surface area contributed by atoms with Crippen molar-refractivity contribution in [3.63, 3.8) is 0 Å². The number of hydrogen-bond donors (Lipinski definition) is 4. The van der Waals surface area contributed by atoms with Crippen molar-refractivity contribution in [3.8, 4) is 0 Å². The van der Waals surface area contributed by atoms with Crippen LogP contribution in [0.15, 0.2) is 12.4 Å². The molecule has 2 atom stereocenters. The fourth-order valence-corrected chi connectivity index (χ4v) is 0.798. The first-order valence-corrected chi connectivity index (χ1v) is 3.69. The molecule has 0 fully saturated rings. The summed E-state index contributed by atoms with van der Waals surface area (Å²) in [5, 5.41) is 26.9. The summed E-state index contributed by atoms with van der Waals surface area (Å²) in [7, 11) is 0. The minimum absolute atomic E-state index is 0.177. The van der Waals surface area contributed by atoms with Crippen LogP contribution in [-0.2, 0) is 0 Å². The van der Waals surface area contributed by atoms with E-state index in [1.807, 2.05) is 0 Å². The van der Waals surface area contributed by atoms with Gasteiger partial charge in [0.2, 0.25) is 0 Å². The van der Waals surface area contributed by atoms with E-state index in [4.69, 9.17) is 15.9 Å². The monoisotopic (exact) mass is 185 g/mol. The summed E-state index contributed by atoms with van der Waals surface area (Å²) in [6.07, 6.45) is 0.0256. The van der Waals surface area contributed by atoms with Crippen molar-refractivity contribution in [3.05, 3.63) is 18.1 Å². The molecule has 1 aromatic rings. The van der Waals surface area contributed by atoms with Crippen LogP contribution in [0.1, 0.15) is 11.8 Å². The maximum atomic E-state index is 9.33. The Morgan fingerprint density at radius 2 is 2.00 bits per heavy atom. The summed E-state index contributed by atoms with van der Waals surface area (Å²) < 4.78 is 0. The molecule has 0 amide bonds. The summed E-state index contributed by atoms with van der Waals surface area (Å²) in [5.74, 6) is 0.231. The largest absolute Gasteiger partial charge is 0.394 e. The molecule has 6 nitrogen and oxygen atoms in total. The molecule has 2 unspecified atom stereocenters. The first-order chi connectivity index (χ1) is 6.15. The molecule has 0 bridgehead atoms. The average Bonchev–Trinajstić information content (AvgIpc) is 2.17. The number of nitrogens with zero attached hydrogens (tertiary/aromatic N) is 2. The number of aliphatic hydroxyl groups is 3. The summed E-state index contributed by atoms with van der Waals surface area (Å²) in [5.41, 5.74) is 5.44. The predicted octanol–water partition coefficient (Wildman–Crippen LogP) is -1.55. The van der Waals surface area contributed by atoms with E-state index in [-0.39, 0.29) is 11.5 Å². The number of aliphatic hydroxyl groups excluding tert-OH is 3. The summed E-state index contributed by atoms with van der Waals surface area (Å²) in [4.78, 5) is 7.42. The molecule has 0 saturated carbocycles. The number of aromatic nitrogens is 2. The van der Waals surface area contributed by atoms with Gasteiger partial charge < -0.3 is 21.1 Å². The minimum Gasteiger partial charge on any atom is -0.394 e. The highest BCUT2D eigenvalue weighted by Crippen LogP contribution is 2.13. The van der Waals surface area contributed by atoms with Gasteiger partial charge in [0.1, 0.15) is 18.0 Å². The first kappa shape index (κ1) is 9.85. The highest BCUT2D eigenvalue weighted by Gasteiger charge is 2.18. The van der Waals surface area contributed by atoms with Gasteiger partial charge in [0.05, 0.1) is 24.7 Å². The Morgan fingerprint density at radius 3 is 2.46 bits per heavy atom. The van der Waals surface area contributed by atoms with Gasteiger partial charge in [-0.25, -0.2) is 4.98 Å². The van der Waals surface area contributed by atoms with E-state index in [0.717, 1.165) is 0 Å². The molecule has 0 aliphatic heterocycles.